The first-order valence-electron chi connectivity index (χ1n) is 7.06. The van der Waals surface area contributed by atoms with Crippen LogP contribution in [0, 0.1) is 11.2 Å². The number of amides is 2. The number of benzene rings is 1. The van der Waals surface area contributed by atoms with E-state index in [9.17, 15) is 14.0 Å². The summed E-state index contributed by atoms with van der Waals surface area (Å²) in [6.07, 6.45) is 0.321. The summed E-state index contributed by atoms with van der Waals surface area (Å²) in [6.45, 7) is 7.40. The van der Waals surface area contributed by atoms with E-state index in [4.69, 9.17) is 4.74 Å². The van der Waals surface area contributed by atoms with E-state index in [2.05, 4.69) is 10.6 Å². The summed E-state index contributed by atoms with van der Waals surface area (Å²) < 4.78 is 18.4. The molecular weight excluding hydrogens is 287 g/mol. The first kappa shape index (κ1) is 17.9. The molecule has 0 bridgehead atoms. The maximum absolute atomic E-state index is 13.6. The molecule has 6 heteroatoms. The highest BCUT2D eigenvalue weighted by Crippen LogP contribution is 2.21. The van der Waals surface area contributed by atoms with Crippen LogP contribution in [0.25, 0.3) is 0 Å². The first-order chi connectivity index (χ1) is 10.1. The number of nitrogens with one attached hydrogen (secondary N) is 2. The van der Waals surface area contributed by atoms with Gasteiger partial charge in [0.2, 0.25) is 11.8 Å². The second-order valence-electron chi connectivity index (χ2n) is 6.37. The van der Waals surface area contributed by atoms with E-state index in [0.717, 1.165) is 0 Å². The fourth-order valence-corrected chi connectivity index (χ4v) is 1.83. The summed E-state index contributed by atoms with van der Waals surface area (Å²) in [7, 11) is 1.36. The van der Waals surface area contributed by atoms with Gasteiger partial charge in [-0.15, -0.1) is 0 Å². The van der Waals surface area contributed by atoms with Crippen LogP contribution >= 0.6 is 0 Å². The van der Waals surface area contributed by atoms with Crippen LogP contribution in [-0.2, 0) is 9.59 Å². The Labute approximate surface area is 130 Å². The van der Waals surface area contributed by atoms with E-state index in [1.165, 1.54) is 25.3 Å². The third-order valence-corrected chi connectivity index (χ3v) is 2.88. The Morgan fingerprint density at radius 2 is 1.95 bits per heavy atom. The molecule has 1 aromatic rings. The topological polar surface area (TPSA) is 67.4 Å². The van der Waals surface area contributed by atoms with E-state index >= 15 is 0 Å². The second kappa shape index (κ2) is 7.24. The Morgan fingerprint density at radius 3 is 2.45 bits per heavy atom. The zero-order valence-corrected chi connectivity index (χ0v) is 13.6. The van der Waals surface area contributed by atoms with Crippen LogP contribution in [0.4, 0.5) is 10.1 Å². The van der Waals surface area contributed by atoms with Gasteiger partial charge >= 0.3 is 0 Å². The molecule has 0 unspecified atom stereocenters. The molecule has 1 rings (SSSR count). The quantitative estimate of drug-likeness (QED) is 0.878. The number of methoxy groups -OCH3 is 1. The average molecular weight is 310 g/mol. The molecule has 0 aliphatic heterocycles. The van der Waals surface area contributed by atoms with Crippen molar-refractivity contribution in [2.75, 3.05) is 12.4 Å². The van der Waals surface area contributed by atoms with Crippen LogP contribution in [-0.4, -0.2) is 25.0 Å². The van der Waals surface area contributed by atoms with Gasteiger partial charge < -0.3 is 15.4 Å². The van der Waals surface area contributed by atoms with Crippen LogP contribution in [0.3, 0.4) is 0 Å². The number of ether oxygens (including phenoxy) is 1. The number of carbonyl (C=O) groups is 2. The van der Waals surface area contributed by atoms with Crippen LogP contribution in [0.15, 0.2) is 18.2 Å². The number of anilines is 1. The van der Waals surface area contributed by atoms with Crippen molar-refractivity contribution in [3.8, 4) is 5.75 Å². The van der Waals surface area contributed by atoms with E-state index < -0.39 is 17.8 Å². The number of carbonyl (C=O) groups excluding carboxylic acids is 2. The normalized spacial score (nSPS) is 12.5. The Balaban J connectivity index is 2.61. The van der Waals surface area contributed by atoms with Crippen molar-refractivity contribution in [2.24, 2.45) is 5.41 Å². The van der Waals surface area contributed by atoms with Gasteiger partial charge in [0.05, 0.1) is 7.11 Å². The average Bonchev–Trinajstić information content (AvgIpc) is 2.36. The van der Waals surface area contributed by atoms with Gasteiger partial charge in [-0.05, 0) is 24.5 Å². The van der Waals surface area contributed by atoms with Crippen molar-refractivity contribution >= 4 is 17.5 Å². The van der Waals surface area contributed by atoms with E-state index in [1.807, 2.05) is 20.8 Å². The minimum Gasteiger partial charge on any atom is -0.494 e. The van der Waals surface area contributed by atoms with Crippen LogP contribution in [0.2, 0.25) is 0 Å². The van der Waals surface area contributed by atoms with Crippen LogP contribution in [0.1, 0.15) is 34.1 Å². The van der Waals surface area contributed by atoms with Gasteiger partial charge in [0.15, 0.2) is 11.6 Å². The van der Waals surface area contributed by atoms with Crippen molar-refractivity contribution in [1.82, 2.24) is 5.32 Å². The van der Waals surface area contributed by atoms with Crippen molar-refractivity contribution in [1.29, 1.82) is 0 Å². The van der Waals surface area contributed by atoms with Crippen LogP contribution in [0.5, 0.6) is 5.75 Å². The molecule has 0 saturated heterocycles. The molecule has 22 heavy (non-hydrogen) atoms. The maximum Gasteiger partial charge on any atom is 0.246 e. The Kier molecular flexibility index (Phi) is 5.91. The van der Waals surface area contributed by atoms with Gasteiger partial charge in [-0.1, -0.05) is 20.8 Å². The predicted molar refractivity (Wildman–Crippen MR) is 83.3 cm³/mol. The molecule has 0 aliphatic rings. The maximum atomic E-state index is 13.6. The number of hydrogen-bond acceptors (Lipinski definition) is 3. The third kappa shape index (κ3) is 5.71. The largest absolute Gasteiger partial charge is 0.494 e. The molecule has 122 valence electrons. The van der Waals surface area contributed by atoms with Gasteiger partial charge in [-0.3, -0.25) is 9.59 Å². The molecule has 0 aliphatic carbocycles. The fraction of sp³-hybridized carbons (Fsp3) is 0.500. The molecule has 0 radical (unpaired) electrons. The summed E-state index contributed by atoms with van der Waals surface area (Å²) in [6, 6.07) is 3.41. The van der Waals surface area contributed by atoms with E-state index in [0.29, 0.717) is 12.1 Å². The molecule has 0 fully saturated rings. The molecule has 2 amide bonds. The highest BCUT2D eigenvalue weighted by atomic mass is 19.1. The van der Waals surface area contributed by atoms with Gasteiger partial charge in [0.25, 0.3) is 0 Å². The SMILES string of the molecule is COc1ccc(NC(=O)[C@@H](C)NC(=O)CC(C)(C)C)cc1F. The zero-order chi connectivity index (χ0) is 16.9. The molecular formula is C16H23FN2O3. The zero-order valence-electron chi connectivity index (χ0n) is 13.6. The molecule has 0 saturated carbocycles. The smallest absolute Gasteiger partial charge is 0.246 e. The van der Waals surface area contributed by atoms with Gasteiger partial charge in [0, 0.05) is 18.2 Å². The molecule has 0 aromatic heterocycles. The summed E-state index contributed by atoms with van der Waals surface area (Å²) in [4.78, 5) is 23.8. The Hall–Kier alpha value is -2.11. The lowest BCUT2D eigenvalue weighted by Crippen LogP contribution is -2.42. The van der Waals surface area contributed by atoms with Crippen molar-refractivity contribution in [2.45, 2.75) is 40.2 Å². The summed E-state index contributed by atoms with van der Waals surface area (Å²) in [5, 5.41) is 5.18. The first-order valence-corrected chi connectivity index (χ1v) is 7.06. The lowest BCUT2D eigenvalue weighted by molar-refractivity contribution is -0.127. The summed E-state index contributed by atoms with van der Waals surface area (Å²) >= 11 is 0. The lowest BCUT2D eigenvalue weighted by Gasteiger charge is -2.20. The van der Waals surface area contributed by atoms with Crippen molar-refractivity contribution in [3.05, 3.63) is 24.0 Å². The minimum absolute atomic E-state index is 0.101. The molecule has 0 spiro atoms. The van der Waals surface area contributed by atoms with E-state index in [-0.39, 0.29) is 17.1 Å². The number of hydrogen-bond donors (Lipinski definition) is 2. The summed E-state index contributed by atoms with van der Waals surface area (Å²) in [5.74, 6) is -1.07. The Bertz CT molecular complexity index is 553. The third-order valence-electron chi connectivity index (χ3n) is 2.88. The highest BCUT2D eigenvalue weighted by Gasteiger charge is 2.20. The van der Waals surface area contributed by atoms with Gasteiger partial charge in [-0.25, -0.2) is 4.39 Å². The molecule has 1 atom stereocenters. The van der Waals surface area contributed by atoms with Gasteiger partial charge in [-0.2, -0.15) is 0 Å². The monoisotopic (exact) mass is 310 g/mol. The predicted octanol–water partition coefficient (Wildman–Crippen LogP) is 2.71. The molecule has 2 N–H and O–H groups in total. The standard InChI is InChI=1S/C16H23FN2O3/c1-10(18-14(20)9-16(2,3)4)15(21)19-11-6-7-13(22-5)12(17)8-11/h6-8,10H,9H2,1-5H3,(H,18,20)(H,19,21)/t10-/m1/s1. The Morgan fingerprint density at radius 1 is 1.32 bits per heavy atom. The minimum atomic E-state index is -0.708. The highest BCUT2D eigenvalue weighted by molar-refractivity contribution is 5.96. The number of halogens is 1. The van der Waals surface area contributed by atoms with Crippen molar-refractivity contribution < 1.29 is 18.7 Å². The lowest BCUT2D eigenvalue weighted by atomic mass is 9.92. The van der Waals surface area contributed by atoms with Crippen molar-refractivity contribution in [3.63, 3.8) is 0 Å². The van der Waals surface area contributed by atoms with E-state index in [1.54, 1.807) is 6.92 Å². The second-order valence-corrected chi connectivity index (χ2v) is 6.37. The van der Waals surface area contributed by atoms with Gasteiger partial charge in [0.1, 0.15) is 6.04 Å². The fourth-order valence-electron chi connectivity index (χ4n) is 1.83. The number of rotatable bonds is 5. The molecule has 5 nitrogen and oxygen atoms in total. The molecule has 1 aromatic carbocycles. The molecule has 0 heterocycles. The summed E-state index contributed by atoms with van der Waals surface area (Å²) in [5.41, 5.74) is 0.152. The van der Waals surface area contributed by atoms with Crippen LogP contribution < -0.4 is 15.4 Å².